The molecule has 2 aromatic rings. The fraction of sp³-hybridized carbons (Fsp3) is 0. The molecule has 2 aliphatic heterocycles. The van der Waals surface area contributed by atoms with Gasteiger partial charge in [0.15, 0.2) is 23.0 Å². The first kappa shape index (κ1) is 13.3. The number of aromatic hydroxyl groups is 2. The monoisotopic (exact) mass is 282 g/mol. The van der Waals surface area contributed by atoms with E-state index in [4.69, 9.17) is 18.6 Å². The molecule has 8 heteroatoms. The van der Waals surface area contributed by atoms with Gasteiger partial charge >= 0.3 is 36.5 Å². The Morgan fingerprint density at radius 1 is 0.700 bits per heavy atom. The molecule has 2 N–H and O–H groups in total. The summed E-state index contributed by atoms with van der Waals surface area (Å²) in [6, 6.07) is 9.42. The van der Waals surface area contributed by atoms with Crippen LogP contribution >= 0.6 is 0 Å². The van der Waals surface area contributed by atoms with Crippen molar-refractivity contribution in [3.63, 3.8) is 0 Å². The Labute approximate surface area is 136 Å². The first-order chi connectivity index (χ1) is 9.17. The van der Waals surface area contributed by atoms with Gasteiger partial charge in [-0.3, -0.25) is 0 Å². The Bertz CT molecular complexity index is 632. The van der Waals surface area contributed by atoms with E-state index in [1.54, 1.807) is 24.3 Å². The molecule has 2 aliphatic rings. The van der Waals surface area contributed by atoms with Crippen molar-refractivity contribution in [2.45, 2.75) is 0 Å². The van der Waals surface area contributed by atoms with Gasteiger partial charge in [0, 0.05) is 0 Å². The minimum Gasteiger partial charge on any atom is -0.609 e. The maximum absolute atomic E-state index is 9.69. The third-order valence-electron chi connectivity index (χ3n) is 2.98. The minimum absolute atomic E-state index is 0. The Kier molecular flexibility index (Phi) is 2.93. The molecular weight excluding hydrogens is 274 g/mol. The van der Waals surface area contributed by atoms with Gasteiger partial charge in [0.2, 0.25) is 0 Å². The molecule has 20 heavy (non-hydrogen) atoms. The number of hydrogen-bond acceptors (Lipinski definition) is 6. The van der Waals surface area contributed by atoms with Crippen LogP contribution in [0.5, 0.6) is 34.5 Å². The molecule has 0 atom stereocenters. The van der Waals surface area contributed by atoms with E-state index in [0.717, 1.165) is 0 Å². The largest absolute Gasteiger partial charge is 1.00 e. The Balaban J connectivity index is 0.00000121. The zero-order valence-corrected chi connectivity index (χ0v) is 12.6. The maximum Gasteiger partial charge on any atom is 1.00 e. The van der Waals surface area contributed by atoms with E-state index in [1.165, 1.54) is 12.1 Å². The van der Waals surface area contributed by atoms with Crippen LogP contribution in [0.1, 0.15) is 0 Å². The van der Waals surface area contributed by atoms with Gasteiger partial charge in [-0.1, -0.05) is 12.1 Å². The standard InChI is InChI=1S/C12H8BO6.Na/c14-7-3-1-5-9-11(7)18-13(16-9)17-10-6-2-4-8(15)12(10)19-13;/h1-6,14-15H;/q-1;+1. The molecule has 0 amide bonds. The molecule has 96 valence electrons. The summed E-state index contributed by atoms with van der Waals surface area (Å²) in [5, 5.41) is 19.4. The van der Waals surface area contributed by atoms with Gasteiger partial charge in [-0.2, -0.15) is 0 Å². The number of fused-ring (bicyclic) bond motifs is 2. The first-order valence-electron chi connectivity index (χ1n) is 5.69. The summed E-state index contributed by atoms with van der Waals surface area (Å²) in [4.78, 5) is 0. The van der Waals surface area contributed by atoms with Crippen molar-refractivity contribution in [2.24, 2.45) is 0 Å². The molecule has 0 aromatic heterocycles. The van der Waals surface area contributed by atoms with E-state index < -0.39 is 6.96 Å². The molecule has 2 heterocycles. The Morgan fingerprint density at radius 2 is 1.15 bits per heavy atom. The average Bonchev–Trinajstić information content (AvgIpc) is 2.92. The molecule has 0 radical (unpaired) electrons. The second kappa shape index (κ2) is 4.41. The normalized spacial score (nSPS) is 16.0. The predicted molar refractivity (Wildman–Crippen MR) is 64.5 cm³/mol. The number of para-hydroxylation sites is 2. The van der Waals surface area contributed by atoms with Crippen LogP contribution in [0.3, 0.4) is 0 Å². The summed E-state index contributed by atoms with van der Waals surface area (Å²) in [6.07, 6.45) is 0. The number of hydrogen-bond donors (Lipinski definition) is 2. The Hall–Kier alpha value is -1.70. The van der Waals surface area contributed by atoms with Gasteiger partial charge in [-0.05, 0) is 24.3 Å². The topological polar surface area (TPSA) is 77.4 Å². The summed E-state index contributed by atoms with van der Waals surface area (Å²) in [6.45, 7) is -2.56. The van der Waals surface area contributed by atoms with Crippen LogP contribution in [-0.2, 0) is 0 Å². The molecule has 4 rings (SSSR count). The van der Waals surface area contributed by atoms with Gasteiger partial charge in [0.05, 0.1) is 0 Å². The number of benzene rings is 2. The van der Waals surface area contributed by atoms with Crippen LogP contribution in [0.4, 0.5) is 0 Å². The van der Waals surface area contributed by atoms with E-state index in [0.29, 0.717) is 11.5 Å². The second-order valence-corrected chi connectivity index (χ2v) is 4.26. The van der Waals surface area contributed by atoms with Gasteiger partial charge < -0.3 is 28.8 Å². The van der Waals surface area contributed by atoms with Crippen LogP contribution in [0.2, 0.25) is 0 Å². The SMILES string of the molecule is Oc1cccc2c1O[B-]1(O2)Oc2cccc(O)c2O1.[Na+]. The fourth-order valence-corrected chi connectivity index (χ4v) is 2.18. The van der Waals surface area contributed by atoms with Crippen LogP contribution < -0.4 is 48.2 Å². The first-order valence-corrected chi connectivity index (χ1v) is 5.69. The molecule has 0 saturated carbocycles. The minimum atomic E-state index is -2.56. The van der Waals surface area contributed by atoms with E-state index >= 15 is 0 Å². The quantitative estimate of drug-likeness (QED) is 0.590. The summed E-state index contributed by atoms with van der Waals surface area (Å²) in [5.74, 6) is 0.844. The van der Waals surface area contributed by atoms with Crippen molar-refractivity contribution < 1.29 is 58.4 Å². The summed E-state index contributed by atoms with van der Waals surface area (Å²) in [5.41, 5.74) is 0. The van der Waals surface area contributed by atoms with Crippen LogP contribution in [-0.4, -0.2) is 17.2 Å². The molecule has 2 aromatic carbocycles. The number of phenols is 2. The maximum atomic E-state index is 9.69. The van der Waals surface area contributed by atoms with Crippen molar-refractivity contribution in [3.8, 4) is 34.5 Å². The van der Waals surface area contributed by atoms with Gasteiger partial charge in [0.1, 0.15) is 11.5 Å². The van der Waals surface area contributed by atoms with Crippen molar-refractivity contribution in [3.05, 3.63) is 36.4 Å². The summed E-state index contributed by atoms with van der Waals surface area (Å²) >= 11 is 0. The van der Waals surface area contributed by atoms with Crippen molar-refractivity contribution >= 4 is 6.96 Å². The number of phenolic OH excluding ortho intramolecular Hbond substituents is 2. The average molecular weight is 282 g/mol. The van der Waals surface area contributed by atoms with E-state index in [2.05, 4.69) is 0 Å². The van der Waals surface area contributed by atoms with Crippen molar-refractivity contribution in [1.82, 2.24) is 0 Å². The van der Waals surface area contributed by atoms with E-state index in [9.17, 15) is 10.2 Å². The van der Waals surface area contributed by atoms with E-state index in [-0.39, 0.29) is 52.6 Å². The smallest absolute Gasteiger partial charge is 0.609 e. The van der Waals surface area contributed by atoms with E-state index in [1.807, 2.05) is 0 Å². The van der Waals surface area contributed by atoms with Crippen LogP contribution in [0.15, 0.2) is 36.4 Å². The predicted octanol–water partition coefficient (Wildman–Crippen LogP) is -1.22. The zero-order valence-electron chi connectivity index (χ0n) is 10.6. The third kappa shape index (κ3) is 1.78. The molecule has 0 bridgehead atoms. The van der Waals surface area contributed by atoms with Crippen molar-refractivity contribution in [1.29, 1.82) is 0 Å². The Morgan fingerprint density at radius 3 is 1.55 bits per heavy atom. The van der Waals surface area contributed by atoms with Gasteiger partial charge in [0.25, 0.3) is 0 Å². The molecular formula is C12H8BNaO6. The van der Waals surface area contributed by atoms with Gasteiger partial charge in [-0.25, -0.2) is 0 Å². The second-order valence-electron chi connectivity index (χ2n) is 4.26. The molecule has 0 fully saturated rings. The third-order valence-corrected chi connectivity index (χ3v) is 2.98. The summed E-state index contributed by atoms with van der Waals surface area (Å²) in [7, 11) is 0. The van der Waals surface area contributed by atoms with Gasteiger partial charge in [-0.15, -0.1) is 0 Å². The summed E-state index contributed by atoms with van der Waals surface area (Å²) < 4.78 is 21.9. The van der Waals surface area contributed by atoms with Crippen LogP contribution in [0.25, 0.3) is 0 Å². The molecule has 0 aliphatic carbocycles. The molecule has 0 saturated heterocycles. The van der Waals surface area contributed by atoms with Crippen LogP contribution in [0, 0.1) is 0 Å². The fourth-order valence-electron chi connectivity index (χ4n) is 2.18. The zero-order chi connectivity index (χ0) is 13.0. The number of rotatable bonds is 0. The molecule has 6 nitrogen and oxygen atoms in total. The van der Waals surface area contributed by atoms with Crippen molar-refractivity contribution in [2.75, 3.05) is 0 Å². The molecule has 0 unspecified atom stereocenters. The molecule has 1 spiro atoms.